The van der Waals surface area contributed by atoms with Crippen LogP contribution in [-0.4, -0.2) is 37.5 Å². The van der Waals surface area contributed by atoms with E-state index in [4.69, 9.17) is 16.0 Å². The average Bonchev–Trinajstić information content (AvgIpc) is 2.63. The number of furan rings is 1. The maximum atomic E-state index is 11.8. The molecule has 1 rings (SSSR count). The van der Waals surface area contributed by atoms with Gasteiger partial charge in [-0.2, -0.15) is 0 Å². The van der Waals surface area contributed by atoms with Crippen molar-refractivity contribution in [2.75, 3.05) is 20.6 Å². The van der Waals surface area contributed by atoms with Crippen LogP contribution >= 0.6 is 11.6 Å². The summed E-state index contributed by atoms with van der Waals surface area (Å²) in [5.74, 6) is 0.265. The van der Waals surface area contributed by atoms with Crippen molar-refractivity contribution in [3.8, 4) is 0 Å². The lowest BCUT2D eigenvalue weighted by Crippen LogP contribution is -2.43. The Morgan fingerprint density at radius 3 is 2.59 bits per heavy atom. The lowest BCUT2D eigenvalue weighted by molar-refractivity contribution is 0.0934. The zero-order valence-electron chi connectivity index (χ0n) is 10.7. The van der Waals surface area contributed by atoms with E-state index in [1.54, 1.807) is 6.07 Å². The number of nitrogens with zero attached hydrogens (tertiary/aromatic N) is 1. The van der Waals surface area contributed by atoms with E-state index in [2.05, 4.69) is 24.1 Å². The predicted octanol–water partition coefficient (Wildman–Crippen LogP) is 2.25. The van der Waals surface area contributed by atoms with Crippen LogP contribution in [0.5, 0.6) is 0 Å². The summed E-state index contributed by atoms with van der Waals surface area (Å²) in [5.41, 5.74) is 0.382. The second kappa shape index (κ2) is 6.07. The molecule has 0 radical (unpaired) electrons. The van der Waals surface area contributed by atoms with Crippen LogP contribution in [0.15, 0.2) is 16.7 Å². The molecule has 1 aromatic heterocycles. The van der Waals surface area contributed by atoms with Gasteiger partial charge in [0, 0.05) is 12.6 Å². The molecule has 1 amide bonds. The summed E-state index contributed by atoms with van der Waals surface area (Å²) >= 11 is 5.74. The molecule has 1 unspecified atom stereocenters. The highest BCUT2D eigenvalue weighted by molar-refractivity contribution is 6.32. The predicted molar refractivity (Wildman–Crippen MR) is 68.4 cm³/mol. The Kier molecular flexibility index (Phi) is 5.02. The number of carbonyl (C=O) groups excluding carboxylic acids is 1. The van der Waals surface area contributed by atoms with Crippen LogP contribution in [0.25, 0.3) is 0 Å². The Morgan fingerprint density at radius 2 is 2.18 bits per heavy atom. The Hall–Kier alpha value is -1.00. The lowest BCUT2D eigenvalue weighted by atomic mass is 10.0. The average molecular weight is 259 g/mol. The van der Waals surface area contributed by atoms with Crippen molar-refractivity contribution in [3.05, 3.63) is 23.1 Å². The molecule has 96 valence electrons. The topological polar surface area (TPSA) is 45.5 Å². The summed E-state index contributed by atoms with van der Waals surface area (Å²) in [5, 5.41) is 3.00. The van der Waals surface area contributed by atoms with Crippen LogP contribution in [0.1, 0.15) is 24.2 Å². The molecule has 0 saturated carbocycles. The van der Waals surface area contributed by atoms with Gasteiger partial charge < -0.3 is 14.6 Å². The summed E-state index contributed by atoms with van der Waals surface area (Å²) in [4.78, 5) is 13.9. The number of carbonyl (C=O) groups is 1. The van der Waals surface area contributed by atoms with Gasteiger partial charge in [0.05, 0.1) is 11.8 Å². The molecule has 0 aliphatic rings. The minimum Gasteiger partial charge on any atom is -0.452 e. The normalized spacial score (nSPS) is 13.1. The van der Waals surface area contributed by atoms with E-state index in [0.29, 0.717) is 24.1 Å². The van der Waals surface area contributed by atoms with E-state index in [1.807, 2.05) is 14.1 Å². The fourth-order valence-electron chi connectivity index (χ4n) is 1.76. The van der Waals surface area contributed by atoms with Crippen LogP contribution in [0, 0.1) is 5.92 Å². The molecule has 17 heavy (non-hydrogen) atoms. The minimum absolute atomic E-state index is 0.133. The molecular formula is C12H19ClN2O2. The maximum absolute atomic E-state index is 11.8. The molecule has 1 atom stereocenters. The SMILES string of the molecule is CC(C)C(CNC(=O)c1ccoc1Cl)N(C)C. The van der Waals surface area contributed by atoms with Crippen LogP contribution in [0.3, 0.4) is 0 Å². The summed E-state index contributed by atoms with van der Waals surface area (Å²) in [6.45, 7) is 4.84. The van der Waals surface area contributed by atoms with Gasteiger partial charge in [-0.1, -0.05) is 13.8 Å². The summed E-state index contributed by atoms with van der Waals surface area (Å²) in [6.07, 6.45) is 1.41. The highest BCUT2D eigenvalue weighted by Crippen LogP contribution is 2.16. The van der Waals surface area contributed by atoms with E-state index in [0.717, 1.165) is 0 Å². The largest absolute Gasteiger partial charge is 0.452 e. The van der Waals surface area contributed by atoms with Gasteiger partial charge in [-0.25, -0.2) is 0 Å². The van der Waals surface area contributed by atoms with Crippen molar-refractivity contribution in [1.29, 1.82) is 0 Å². The monoisotopic (exact) mass is 258 g/mol. The van der Waals surface area contributed by atoms with Gasteiger partial charge in [0.2, 0.25) is 5.22 Å². The van der Waals surface area contributed by atoms with Gasteiger partial charge in [-0.3, -0.25) is 4.79 Å². The molecule has 5 heteroatoms. The Bertz CT molecular complexity index is 366. The van der Waals surface area contributed by atoms with Crippen molar-refractivity contribution < 1.29 is 9.21 Å². The highest BCUT2D eigenvalue weighted by Gasteiger charge is 2.18. The standard InChI is InChI=1S/C12H19ClN2O2/c1-8(2)10(15(3)4)7-14-12(16)9-5-6-17-11(9)13/h5-6,8,10H,7H2,1-4H3,(H,14,16). The molecule has 1 aromatic rings. The van der Waals surface area contributed by atoms with E-state index in [-0.39, 0.29) is 11.1 Å². The Labute approximate surface area is 107 Å². The van der Waals surface area contributed by atoms with Crippen molar-refractivity contribution in [2.24, 2.45) is 5.92 Å². The quantitative estimate of drug-likeness (QED) is 0.881. The zero-order valence-corrected chi connectivity index (χ0v) is 11.4. The summed E-state index contributed by atoms with van der Waals surface area (Å²) in [6, 6.07) is 1.86. The summed E-state index contributed by atoms with van der Waals surface area (Å²) in [7, 11) is 4.00. The number of hydrogen-bond donors (Lipinski definition) is 1. The molecule has 4 nitrogen and oxygen atoms in total. The number of nitrogens with one attached hydrogen (secondary N) is 1. The maximum Gasteiger partial charge on any atom is 0.256 e. The molecule has 0 aliphatic heterocycles. The van der Waals surface area contributed by atoms with E-state index < -0.39 is 0 Å². The van der Waals surface area contributed by atoms with Crippen LogP contribution in [0.4, 0.5) is 0 Å². The third-order valence-corrected chi connectivity index (χ3v) is 3.06. The lowest BCUT2D eigenvalue weighted by Gasteiger charge is -2.27. The van der Waals surface area contributed by atoms with Crippen LogP contribution in [0.2, 0.25) is 5.22 Å². The van der Waals surface area contributed by atoms with Gasteiger partial charge in [-0.15, -0.1) is 0 Å². The van der Waals surface area contributed by atoms with Crippen LogP contribution in [-0.2, 0) is 0 Å². The molecule has 0 bridgehead atoms. The third-order valence-electron chi connectivity index (χ3n) is 2.77. The molecule has 1 heterocycles. The fourth-order valence-corrected chi connectivity index (χ4v) is 1.96. The number of hydrogen-bond acceptors (Lipinski definition) is 3. The first-order valence-corrected chi connectivity index (χ1v) is 5.99. The van der Waals surface area contributed by atoms with Gasteiger partial charge in [0.15, 0.2) is 0 Å². The number of halogens is 1. The minimum atomic E-state index is -0.198. The van der Waals surface area contributed by atoms with Crippen molar-refractivity contribution in [2.45, 2.75) is 19.9 Å². The second-order valence-corrected chi connectivity index (χ2v) is 4.94. The first kappa shape index (κ1) is 14.1. The van der Waals surface area contributed by atoms with Gasteiger partial charge in [0.25, 0.3) is 5.91 Å². The molecule has 0 spiro atoms. The van der Waals surface area contributed by atoms with Crippen molar-refractivity contribution >= 4 is 17.5 Å². The Morgan fingerprint density at radius 1 is 1.53 bits per heavy atom. The highest BCUT2D eigenvalue weighted by atomic mass is 35.5. The van der Waals surface area contributed by atoms with E-state index in [1.165, 1.54) is 6.26 Å². The molecular weight excluding hydrogens is 240 g/mol. The molecule has 0 saturated heterocycles. The molecule has 0 fully saturated rings. The van der Waals surface area contributed by atoms with E-state index >= 15 is 0 Å². The fraction of sp³-hybridized carbons (Fsp3) is 0.583. The second-order valence-electron chi connectivity index (χ2n) is 4.59. The molecule has 0 aromatic carbocycles. The molecule has 1 N–H and O–H groups in total. The van der Waals surface area contributed by atoms with Crippen LogP contribution < -0.4 is 5.32 Å². The third kappa shape index (κ3) is 3.75. The Balaban J connectivity index is 2.56. The first-order chi connectivity index (χ1) is 7.93. The van der Waals surface area contributed by atoms with Crippen molar-refractivity contribution in [3.63, 3.8) is 0 Å². The van der Waals surface area contributed by atoms with Gasteiger partial charge in [0.1, 0.15) is 0 Å². The number of amides is 1. The number of rotatable bonds is 5. The smallest absolute Gasteiger partial charge is 0.256 e. The number of likely N-dealkylation sites (N-methyl/N-ethyl adjacent to an activating group) is 1. The zero-order chi connectivity index (χ0) is 13.0. The molecule has 0 aliphatic carbocycles. The first-order valence-electron chi connectivity index (χ1n) is 5.61. The van der Waals surface area contributed by atoms with Gasteiger partial charge in [-0.05, 0) is 37.7 Å². The summed E-state index contributed by atoms with van der Waals surface area (Å²) < 4.78 is 4.88. The van der Waals surface area contributed by atoms with Crippen molar-refractivity contribution in [1.82, 2.24) is 10.2 Å². The van der Waals surface area contributed by atoms with Gasteiger partial charge >= 0.3 is 0 Å². The van der Waals surface area contributed by atoms with E-state index in [9.17, 15) is 4.79 Å².